The van der Waals surface area contributed by atoms with E-state index in [1.54, 1.807) is 9.80 Å². The van der Waals surface area contributed by atoms with Crippen molar-refractivity contribution in [2.45, 2.75) is 19.0 Å². The van der Waals surface area contributed by atoms with Crippen molar-refractivity contribution in [3.63, 3.8) is 0 Å². The number of carbonyl (C=O) groups is 1. The largest absolute Gasteiger partial charge is 0.329 e. The zero-order valence-electron chi connectivity index (χ0n) is 15.7. The standard InChI is InChI=1S/C21H28N4O/c1-17(22-21(26)23-19-11-7-4-8-12-19)20(18-9-5-3-6-10-18)25-15-13-24(2)14-16-25/h3-12,17,20H,13-16H2,1-2H3,(H2,22,23,26)/p+2/t17-,20-/m0/s1. The predicted octanol–water partition coefficient (Wildman–Crippen LogP) is 0.351. The topological polar surface area (TPSA) is 50.0 Å². The molecule has 1 aliphatic heterocycles. The second kappa shape index (κ2) is 8.83. The third-order valence-corrected chi connectivity index (χ3v) is 5.23. The Morgan fingerprint density at radius 2 is 1.50 bits per heavy atom. The summed E-state index contributed by atoms with van der Waals surface area (Å²) in [6.07, 6.45) is 0. The van der Waals surface area contributed by atoms with Gasteiger partial charge in [-0.25, -0.2) is 4.79 Å². The second-order valence-corrected chi connectivity index (χ2v) is 7.26. The summed E-state index contributed by atoms with van der Waals surface area (Å²) in [4.78, 5) is 15.6. The van der Waals surface area contributed by atoms with Gasteiger partial charge in [-0.05, 0) is 19.1 Å². The molecule has 2 aromatic rings. The van der Waals surface area contributed by atoms with Gasteiger partial charge in [-0.15, -0.1) is 0 Å². The van der Waals surface area contributed by atoms with Gasteiger partial charge in [0.1, 0.15) is 32.2 Å². The Labute approximate surface area is 156 Å². The van der Waals surface area contributed by atoms with E-state index in [4.69, 9.17) is 0 Å². The zero-order chi connectivity index (χ0) is 18.4. The van der Waals surface area contributed by atoms with E-state index in [0.29, 0.717) is 0 Å². The molecule has 1 saturated heterocycles. The molecular formula is C21H30N4O+2. The van der Waals surface area contributed by atoms with Crippen LogP contribution in [0.5, 0.6) is 0 Å². The van der Waals surface area contributed by atoms with Crippen LogP contribution < -0.4 is 20.4 Å². The smallest absolute Gasteiger partial charge is 0.319 e. The van der Waals surface area contributed by atoms with Gasteiger partial charge in [-0.3, -0.25) is 0 Å². The highest BCUT2D eigenvalue weighted by Gasteiger charge is 2.34. The van der Waals surface area contributed by atoms with Crippen LogP contribution in [0.3, 0.4) is 0 Å². The van der Waals surface area contributed by atoms with Gasteiger partial charge in [0.25, 0.3) is 0 Å². The van der Waals surface area contributed by atoms with Crippen LogP contribution in [0, 0.1) is 0 Å². The van der Waals surface area contributed by atoms with Crippen molar-refractivity contribution in [1.82, 2.24) is 5.32 Å². The van der Waals surface area contributed by atoms with Crippen LogP contribution in [-0.4, -0.2) is 45.3 Å². The van der Waals surface area contributed by atoms with Gasteiger partial charge < -0.3 is 20.4 Å². The lowest BCUT2D eigenvalue weighted by Crippen LogP contribution is -3.27. The van der Waals surface area contributed by atoms with E-state index in [9.17, 15) is 4.79 Å². The van der Waals surface area contributed by atoms with Crippen LogP contribution in [0.25, 0.3) is 0 Å². The molecule has 5 nitrogen and oxygen atoms in total. The summed E-state index contributed by atoms with van der Waals surface area (Å²) >= 11 is 0. The number of quaternary nitrogens is 2. The summed E-state index contributed by atoms with van der Waals surface area (Å²) in [6, 6.07) is 20.3. The minimum Gasteiger partial charge on any atom is -0.329 e. The Balaban J connectivity index is 1.70. The number of carbonyl (C=O) groups excluding carboxylic acids is 1. The minimum absolute atomic E-state index is 0.0366. The van der Waals surface area contributed by atoms with Gasteiger partial charge >= 0.3 is 6.03 Å². The minimum atomic E-state index is -0.149. The van der Waals surface area contributed by atoms with Gasteiger partial charge in [-0.2, -0.15) is 0 Å². The molecule has 138 valence electrons. The number of anilines is 1. The van der Waals surface area contributed by atoms with Crippen molar-refractivity contribution in [2.75, 3.05) is 38.5 Å². The molecule has 2 amide bonds. The first-order valence-corrected chi connectivity index (χ1v) is 9.47. The number of urea groups is 1. The van der Waals surface area contributed by atoms with E-state index in [2.05, 4.69) is 48.9 Å². The summed E-state index contributed by atoms with van der Waals surface area (Å²) in [7, 11) is 2.25. The molecule has 5 heteroatoms. The lowest BCUT2D eigenvalue weighted by molar-refractivity contribution is -1.02. The van der Waals surface area contributed by atoms with Crippen molar-refractivity contribution in [1.29, 1.82) is 0 Å². The lowest BCUT2D eigenvalue weighted by Gasteiger charge is -2.36. The van der Waals surface area contributed by atoms with Gasteiger partial charge in [-0.1, -0.05) is 48.5 Å². The highest BCUT2D eigenvalue weighted by atomic mass is 16.2. The Bertz CT molecular complexity index is 684. The molecular weight excluding hydrogens is 324 g/mol. The van der Waals surface area contributed by atoms with E-state index in [1.165, 1.54) is 18.7 Å². The molecule has 3 rings (SSSR count). The molecule has 0 bridgehead atoms. The molecule has 1 aliphatic rings. The Morgan fingerprint density at radius 3 is 2.12 bits per heavy atom. The fourth-order valence-electron chi connectivity index (χ4n) is 3.83. The monoisotopic (exact) mass is 354 g/mol. The molecule has 0 radical (unpaired) electrons. The molecule has 26 heavy (non-hydrogen) atoms. The van der Waals surface area contributed by atoms with Crippen LogP contribution in [-0.2, 0) is 0 Å². The Morgan fingerprint density at radius 1 is 0.923 bits per heavy atom. The normalized spacial score (nSPS) is 22.2. The first-order chi connectivity index (χ1) is 12.6. The van der Waals surface area contributed by atoms with Crippen molar-refractivity contribution in [3.8, 4) is 0 Å². The molecule has 4 N–H and O–H groups in total. The number of benzene rings is 2. The van der Waals surface area contributed by atoms with Crippen LogP contribution in [0.4, 0.5) is 10.5 Å². The fraction of sp³-hybridized carbons (Fsp3) is 0.381. The number of hydrogen-bond acceptors (Lipinski definition) is 1. The van der Waals surface area contributed by atoms with E-state index < -0.39 is 0 Å². The van der Waals surface area contributed by atoms with E-state index in [0.717, 1.165) is 18.8 Å². The third-order valence-electron chi connectivity index (χ3n) is 5.23. The number of amides is 2. The molecule has 0 spiro atoms. The highest BCUT2D eigenvalue weighted by Crippen LogP contribution is 2.14. The van der Waals surface area contributed by atoms with Crippen molar-refractivity contribution < 1.29 is 14.6 Å². The molecule has 2 aromatic carbocycles. The maximum absolute atomic E-state index is 12.5. The van der Waals surface area contributed by atoms with E-state index >= 15 is 0 Å². The predicted molar refractivity (Wildman–Crippen MR) is 105 cm³/mol. The molecule has 0 aliphatic carbocycles. The quantitative estimate of drug-likeness (QED) is 0.615. The fourth-order valence-corrected chi connectivity index (χ4v) is 3.83. The summed E-state index contributed by atoms with van der Waals surface area (Å²) in [5.74, 6) is 0. The van der Waals surface area contributed by atoms with Crippen molar-refractivity contribution in [2.24, 2.45) is 0 Å². The number of para-hydroxylation sites is 1. The second-order valence-electron chi connectivity index (χ2n) is 7.26. The van der Waals surface area contributed by atoms with Crippen LogP contribution in [0.1, 0.15) is 18.5 Å². The first kappa shape index (κ1) is 18.4. The van der Waals surface area contributed by atoms with Gasteiger partial charge in [0.05, 0.1) is 13.1 Å². The van der Waals surface area contributed by atoms with Gasteiger partial charge in [0.2, 0.25) is 0 Å². The number of hydrogen-bond donors (Lipinski definition) is 4. The lowest BCUT2D eigenvalue weighted by atomic mass is 9.98. The summed E-state index contributed by atoms with van der Waals surface area (Å²) in [5, 5.41) is 6.08. The Hall–Kier alpha value is -2.37. The number of likely N-dealkylation sites (N-methyl/N-ethyl adjacent to an activating group) is 1. The van der Waals surface area contributed by atoms with Gasteiger partial charge in [0, 0.05) is 11.3 Å². The van der Waals surface area contributed by atoms with E-state index in [-0.39, 0.29) is 18.1 Å². The third kappa shape index (κ3) is 4.84. The molecule has 0 aromatic heterocycles. The number of piperazine rings is 1. The molecule has 2 atom stereocenters. The van der Waals surface area contributed by atoms with Gasteiger partial charge in [0.15, 0.2) is 0 Å². The summed E-state index contributed by atoms with van der Waals surface area (Å²) < 4.78 is 0. The average Bonchev–Trinajstić information content (AvgIpc) is 2.65. The molecule has 0 saturated carbocycles. The number of rotatable bonds is 5. The maximum Gasteiger partial charge on any atom is 0.319 e. The Kier molecular flexibility index (Phi) is 6.26. The highest BCUT2D eigenvalue weighted by molar-refractivity contribution is 5.89. The number of nitrogens with one attached hydrogen (secondary N) is 4. The SMILES string of the molecule is C[C@H](NC(=O)Nc1ccccc1)[C@@H](c1ccccc1)[NH+]1CC[NH+](C)CC1. The first-order valence-electron chi connectivity index (χ1n) is 9.47. The van der Waals surface area contributed by atoms with Crippen LogP contribution in [0.15, 0.2) is 60.7 Å². The van der Waals surface area contributed by atoms with Crippen molar-refractivity contribution in [3.05, 3.63) is 66.2 Å². The molecule has 1 heterocycles. The zero-order valence-corrected chi connectivity index (χ0v) is 15.7. The van der Waals surface area contributed by atoms with Crippen LogP contribution in [0.2, 0.25) is 0 Å². The average molecular weight is 354 g/mol. The summed E-state index contributed by atoms with van der Waals surface area (Å²) in [5.41, 5.74) is 2.10. The maximum atomic E-state index is 12.5. The van der Waals surface area contributed by atoms with Crippen LogP contribution >= 0.6 is 0 Å². The molecule has 0 unspecified atom stereocenters. The summed E-state index contributed by atoms with van der Waals surface area (Å²) in [6.45, 7) is 6.69. The molecule has 1 fully saturated rings. The van der Waals surface area contributed by atoms with E-state index in [1.807, 2.05) is 36.4 Å². The van der Waals surface area contributed by atoms with Crippen molar-refractivity contribution >= 4 is 11.7 Å².